The summed E-state index contributed by atoms with van der Waals surface area (Å²) in [6.45, 7) is 1.57. The Bertz CT molecular complexity index is 402. The molecule has 0 saturated carbocycles. The minimum atomic E-state index is -3.32. The first-order valence-corrected chi connectivity index (χ1v) is 5.93. The van der Waals surface area contributed by atoms with E-state index >= 15 is 0 Å². The summed E-state index contributed by atoms with van der Waals surface area (Å²) in [4.78, 5) is 3.94. The maximum Gasteiger partial charge on any atom is 0.219 e. The van der Waals surface area contributed by atoms with Crippen LogP contribution < -0.4 is 4.72 Å². The van der Waals surface area contributed by atoms with Gasteiger partial charge in [0.2, 0.25) is 10.0 Å². The van der Waals surface area contributed by atoms with Crippen LogP contribution in [0.5, 0.6) is 0 Å². The van der Waals surface area contributed by atoms with Gasteiger partial charge in [-0.1, -0.05) is 11.6 Å². The molecule has 1 aromatic heterocycles. The van der Waals surface area contributed by atoms with Crippen molar-refractivity contribution in [3.05, 3.63) is 29.0 Å². The zero-order chi connectivity index (χ0) is 10.8. The van der Waals surface area contributed by atoms with Crippen LogP contribution in [0.15, 0.2) is 18.3 Å². The van der Waals surface area contributed by atoms with Crippen molar-refractivity contribution in [3.8, 4) is 0 Å². The summed E-state index contributed by atoms with van der Waals surface area (Å²) in [6.07, 6.45) is 1.43. The van der Waals surface area contributed by atoms with Crippen LogP contribution in [-0.2, 0) is 10.0 Å². The van der Waals surface area contributed by atoms with E-state index in [1.54, 1.807) is 19.1 Å². The van der Waals surface area contributed by atoms with Crippen molar-refractivity contribution in [2.75, 3.05) is 7.05 Å². The predicted molar refractivity (Wildman–Crippen MR) is 55.6 cm³/mol. The lowest BCUT2D eigenvalue weighted by atomic mass is 10.3. The first-order valence-electron chi connectivity index (χ1n) is 4.01. The monoisotopic (exact) mass is 234 g/mol. The van der Waals surface area contributed by atoms with Gasteiger partial charge in [-0.3, -0.25) is 4.98 Å². The SMILES string of the molecule is CNS(=O)(=O)C(C)c1ccc(Cl)cn1. The lowest BCUT2D eigenvalue weighted by Crippen LogP contribution is -2.24. The molecule has 0 amide bonds. The minimum Gasteiger partial charge on any atom is -0.258 e. The van der Waals surface area contributed by atoms with Crippen molar-refractivity contribution < 1.29 is 8.42 Å². The fourth-order valence-corrected chi connectivity index (χ4v) is 1.89. The Hall–Kier alpha value is -0.650. The Balaban J connectivity index is 3.01. The molecule has 6 heteroatoms. The third kappa shape index (κ3) is 2.43. The molecule has 1 N–H and O–H groups in total. The summed E-state index contributed by atoms with van der Waals surface area (Å²) in [6, 6.07) is 3.22. The van der Waals surface area contributed by atoms with Crippen LogP contribution in [0.2, 0.25) is 5.02 Å². The zero-order valence-electron chi connectivity index (χ0n) is 7.86. The highest BCUT2D eigenvalue weighted by atomic mass is 35.5. The molecular formula is C8H11ClN2O2S. The number of aromatic nitrogens is 1. The Kier molecular flexibility index (Phi) is 3.47. The van der Waals surface area contributed by atoms with Crippen LogP contribution in [0, 0.1) is 0 Å². The minimum absolute atomic E-state index is 0.476. The summed E-state index contributed by atoms with van der Waals surface area (Å²) >= 11 is 5.64. The molecule has 1 heterocycles. The number of sulfonamides is 1. The van der Waals surface area contributed by atoms with E-state index in [0.717, 1.165) is 0 Å². The fourth-order valence-electron chi connectivity index (χ4n) is 0.963. The van der Waals surface area contributed by atoms with Crippen LogP contribution in [0.4, 0.5) is 0 Å². The van der Waals surface area contributed by atoms with Gasteiger partial charge in [0, 0.05) is 6.20 Å². The Labute approximate surface area is 88.4 Å². The molecule has 0 saturated heterocycles. The average Bonchev–Trinajstić information content (AvgIpc) is 2.18. The maximum absolute atomic E-state index is 11.4. The Morgan fingerprint density at radius 2 is 2.14 bits per heavy atom. The fraction of sp³-hybridized carbons (Fsp3) is 0.375. The molecule has 1 unspecified atom stereocenters. The second-order valence-corrected chi connectivity index (χ2v) is 5.43. The van der Waals surface area contributed by atoms with E-state index in [0.29, 0.717) is 10.7 Å². The van der Waals surface area contributed by atoms with Gasteiger partial charge >= 0.3 is 0 Å². The van der Waals surface area contributed by atoms with Crippen molar-refractivity contribution in [1.82, 2.24) is 9.71 Å². The van der Waals surface area contributed by atoms with Gasteiger partial charge in [-0.2, -0.15) is 0 Å². The highest BCUT2D eigenvalue weighted by molar-refractivity contribution is 7.89. The molecule has 0 aromatic carbocycles. The third-order valence-corrected chi connectivity index (χ3v) is 3.88. The molecule has 0 aliphatic carbocycles. The van der Waals surface area contributed by atoms with E-state index in [4.69, 9.17) is 11.6 Å². The van der Waals surface area contributed by atoms with Crippen LogP contribution in [0.3, 0.4) is 0 Å². The third-order valence-electron chi connectivity index (χ3n) is 1.92. The number of pyridine rings is 1. The summed E-state index contributed by atoms with van der Waals surface area (Å²) < 4.78 is 25.1. The Morgan fingerprint density at radius 1 is 1.50 bits per heavy atom. The average molecular weight is 235 g/mol. The first kappa shape index (κ1) is 11.4. The smallest absolute Gasteiger partial charge is 0.219 e. The molecule has 0 fully saturated rings. The lowest BCUT2D eigenvalue weighted by Gasteiger charge is -2.10. The van der Waals surface area contributed by atoms with E-state index < -0.39 is 15.3 Å². The number of rotatable bonds is 3. The van der Waals surface area contributed by atoms with Crippen LogP contribution in [0.25, 0.3) is 0 Å². The van der Waals surface area contributed by atoms with Crippen molar-refractivity contribution >= 4 is 21.6 Å². The van der Waals surface area contributed by atoms with Gasteiger partial charge in [-0.05, 0) is 26.1 Å². The molecule has 0 bridgehead atoms. The van der Waals surface area contributed by atoms with Gasteiger partial charge in [0.05, 0.1) is 10.7 Å². The maximum atomic E-state index is 11.4. The summed E-state index contributed by atoms with van der Waals surface area (Å²) in [7, 11) is -1.94. The number of nitrogens with zero attached hydrogens (tertiary/aromatic N) is 1. The molecule has 14 heavy (non-hydrogen) atoms. The van der Waals surface area contributed by atoms with Gasteiger partial charge in [0.15, 0.2) is 0 Å². The topological polar surface area (TPSA) is 59.1 Å². The molecule has 0 aliphatic rings. The van der Waals surface area contributed by atoms with Crippen LogP contribution >= 0.6 is 11.6 Å². The van der Waals surface area contributed by atoms with E-state index in [1.165, 1.54) is 13.2 Å². The zero-order valence-corrected chi connectivity index (χ0v) is 9.43. The van der Waals surface area contributed by atoms with Crippen LogP contribution in [0.1, 0.15) is 17.9 Å². The van der Waals surface area contributed by atoms with Gasteiger partial charge in [-0.15, -0.1) is 0 Å². The largest absolute Gasteiger partial charge is 0.258 e. The predicted octanol–water partition coefficient (Wildman–Crippen LogP) is 1.35. The lowest BCUT2D eigenvalue weighted by molar-refractivity contribution is 0.576. The van der Waals surface area contributed by atoms with Gasteiger partial charge in [0.25, 0.3) is 0 Å². The quantitative estimate of drug-likeness (QED) is 0.859. The molecule has 1 atom stereocenters. The summed E-state index contributed by atoms with van der Waals surface area (Å²) in [5.41, 5.74) is 0.476. The second-order valence-electron chi connectivity index (χ2n) is 2.79. The van der Waals surface area contributed by atoms with Crippen molar-refractivity contribution in [2.45, 2.75) is 12.2 Å². The number of nitrogens with one attached hydrogen (secondary N) is 1. The molecule has 78 valence electrons. The molecule has 0 spiro atoms. The molecule has 0 radical (unpaired) electrons. The van der Waals surface area contributed by atoms with Crippen molar-refractivity contribution in [2.24, 2.45) is 0 Å². The molecule has 0 aliphatic heterocycles. The van der Waals surface area contributed by atoms with E-state index in [2.05, 4.69) is 9.71 Å². The summed E-state index contributed by atoms with van der Waals surface area (Å²) in [5, 5.41) is -0.187. The van der Waals surface area contributed by atoms with Crippen LogP contribution in [-0.4, -0.2) is 20.4 Å². The van der Waals surface area contributed by atoms with Gasteiger partial charge in [-0.25, -0.2) is 13.1 Å². The molecular weight excluding hydrogens is 224 g/mol. The van der Waals surface area contributed by atoms with Gasteiger partial charge in [0.1, 0.15) is 5.25 Å². The summed E-state index contributed by atoms with van der Waals surface area (Å²) in [5.74, 6) is 0. The highest BCUT2D eigenvalue weighted by Crippen LogP contribution is 2.19. The van der Waals surface area contributed by atoms with E-state index in [-0.39, 0.29) is 0 Å². The first-order chi connectivity index (χ1) is 6.47. The number of hydrogen-bond donors (Lipinski definition) is 1. The number of hydrogen-bond acceptors (Lipinski definition) is 3. The molecule has 4 nitrogen and oxygen atoms in total. The van der Waals surface area contributed by atoms with E-state index in [1.807, 2.05) is 0 Å². The van der Waals surface area contributed by atoms with E-state index in [9.17, 15) is 8.42 Å². The van der Waals surface area contributed by atoms with Crippen molar-refractivity contribution in [3.63, 3.8) is 0 Å². The molecule has 1 rings (SSSR count). The highest BCUT2D eigenvalue weighted by Gasteiger charge is 2.21. The molecule has 1 aromatic rings. The van der Waals surface area contributed by atoms with Crippen molar-refractivity contribution in [1.29, 1.82) is 0 Å². The van der Waals surface area contributed by atoms with Gasteiger partial charge < -0.3 is 0 Å². The second kappa shape index (κ2) is 4.25. The normalized spacial score (nSPS) is 13.9. The number of halogens is 1. The standard InChI is InChI=1S/C8H11ClN2O2S/c1-6(14(12,13)10-2)8-4-3-7(9)5-11-8/h3-6,10H,1-2H3. The Morgan fingerprint density at radius 3 is 2.57 bits per heavy atom.